The smallest absolute Gasteiger partial charge is 0.309 e. The van der Waals surface area contributed by atoms with E-state index in [9.17, 15) is 9.59 Å². The van der Waals surface area contributed by atoms with Gasteiger partial charge in [0.25, 0.3) is 5.91 Å². The van der Waals surface area contributed by atoms with Gasteiger partial charge >= 0.3 is 5.97 Å². The van der Waals surface area contributed by atoms with Crippen molar-refractivity contribution in [1.29, 1.82) is 0 Å². The Morgan fingerprint density at radius 1 is 1.38 bits per heavy atom. The van der Waals surface area contributed by atoms with Gasteiger partial charge < -0.3 is 14.5 Å². The molecule has 0 saturated heterocycles. The first-order valence-corrected chi connectivity index (χ1v) is 7.08. The first kappa shape index (κ1) is 13.7. The average Bonchev–Trinajstić information content (AvgIpc) is 3.23. The molecule has 2 aromatic rings. The van der Waals surface area contributed by atoms with Gasteiger partial charge in [0.05, 0.1) is 12.0 Å². The van der Waals surface area contributed by atoms with Crippen LogP contribution in [0.2, 0.25) is 0 Å². The molecule has 1 fully saturated rings. The van der Waals surface area contributed by atoms with E-state index in [1.54, 1.807) is 0 Å². The van der Waals surface area contributed by atoms with Crippen molar-refractivity contribution < 1.29 is 18.7 Å². The second-order valence-electron chi connectivity index (χ2n) is 5.36. The minimum absolute atomic E-state index is 0.00518. The number of rotatable bonds is 5. The Labute approximate surface area is 122 Å². The number of fused-ring (bicyclic) bond motifs is 1. The molecule has 21 heavy (non-hydrogen) atoms. The minimum atomic E-state index is -0.322. The maximum absolute atomic E-state index is 11.8. The van der Waals surface area contributed by atoms with Crippen LogP contribution in [0.3, 0.4) is 0 Å². The van der Waals surface area contributed by atoms with Crippen molar-refractivity contribution >= 4 is 22.8 Å². The summed E-state index contributed by atoms with van der Waals surface area (Å²) < 4.78 is 10.6. The molecule has 0 spiro atoms. The quantitative estimate of drug-likeness (QED) is 0.858. The number of esters is 1. The van der Waals surface area contributed by atoms with Crippen LogP contribution in [0.5, 0.6) is 0 Å². The first-order valence-electron chi connectivity index (χ1n) is 7.08. The number of ether oxygens (including phenoxy) is 1. The Bertz CT molecular complexity index is 639. The average molecular weight is 287 g/mol. The third-order valence-corrected chi connectivity index (χ3v) is 3.51. The highest BCUT2D eigenvalue weighted by Crippen LogP contribution is 2.30. The molecule has 1 aromatic heterocycles. The molecule has 1 N–H and O–H groups in total. The highest BCUT2D eigenvalue weighted by atomic mass is 16.5. The number of carbonyl (C=O) groups excluding carboxylic acids is 2. The molecule has 3 rings (SSSR count). The van der Waals surface area contributed by atoms with E-state index < -0.39 is 0 Å². The lowest BCUT2D eigenvalue weighted by molar-refractivity contribution is -0.150. The fourth-order valence-corrected chi connectivity index (χ4v) is 2.14. The Hall–Kier alpha value is -2.30. The molecular weight excluding hydrogens is 270 g/mol. The van der Waals surface area contributed by atoms with Crippen molar-refractivity contribution in [3.05, 3.63) is 36.1 Å². The van der Waals surface area contributed by atoms with Gasteiger partial charge in [-0.1, -0.05) is 18.2 Å². The van der Waals surface area contributed by atoms with Crippen molar-refractivity contribution in [2.24, 2.45) is 5.92 Å². The van der Waals surface area contributed by atoms with Gasteiger partial charge in [0.15, 0.2) is 6.61 Å². The van der Waals surface area contributed by atoms with E-state index >= 15 is 0 Å². The highest BCUT2D eigenvalue weighted by Gasteiger charge is 2.31. The van der Waals surface area contributed by atoms with Crippen molar-refractivity contribution in [3.8, 4) is 0 Å². The predicted molar refractivity (Wildman–Crippen MR) is 76.5 cm³/mol. The number of para-hydroxylation sites is 1. The molecule has 1 aliphatic rings. The largest absolute Gasteiger partial charge is 0.459 e. The van der Waals surface area contributed by atoms with Gasteiger partial charge in [0.2, 0.25) is 0 Å². The summed E-state index contributed by atoms with van der Waals surface area (Å²) in [7, 11) is 0. The Kier molecular flexibility index (Phi) is 3.64. The third kappa shape index (κ3) is 3.24. The van der Waals surface area contributed by atoms with Crippen LogP contribution < -0.4 is 5.32 Å². The van der Waals surface area contributed by atoms with Crippen molar-refractivity contribution in [2.45, 2.75) is 25.8 Å². The van der Waals surface area contributed by atoms with E-state index in [1.165, 1.54) is 0 Å². The van der Waals surface area contributed by atoms with E-state index in [2.05, 4.69) is 5.32 Å². The lowest BCUT2D eigenvalue weighted by Gasteiger charge is -2.11. The maximum Gasteiger partial charge on any atom is 0.309 e. The maximum atomic E-state index is 11.8. The third-order valence-electron chi connectivity index (χ3n) is 3.51. The summed E-state index contributed by atoms with van der Waals surface area (Å²) >= 11 is 0. The molecule has 0 radical (unpaired) electrons. The van der Waals surface area contributed by atoms with E-state index in [0.29, 0.717) is 5.76 Å². The molecular formula is C16H17NO4. The van der Waals surface area contributed by atoms with Crippen molar-refractivity contribution in [2.75, 3.05) is 6.61 Å². The molecule has 0 bridgehead atoms. The van der Waals surface area contributed by atoms with Crippen LogP contribution in [0.1, 0.15) is 31.6 Å². The summed E-state index contributed by atoms with van der Waals surface area (Å²) in [5, 5.41) is 3.76. The Morgan fingerprint density at radius 3 is 2.86 bits per heavy atom. The van der Waals surface area contributed by atoms with Crippen LogP contribution in [-0.2, 0) is 14.3 Å². The highest BCUT2D eigenvalue weighted by molar-refractivity contribution is 5.82. The Balaban J connectivity index is 1.55. The molecule has 0 unspecified atom stereocenters. The molecule has 1 aliphatic carbocycles. The van der Waals surface area contributed by atoms with Crippen LogP contribution in [0.25, 0.3) is 11.0 Å². The normalized spacial score (nSPS) is 15.7. The molecule has 1 saturated carbocycles. The summed E-state index contributed by atoms with van der Waals surface area (Å²) in [6.45, 7) is 1.60. The van der Waals surface area contributed by atoms with Gasteiger partial charge in [0, 0.05) is 5.39 Å². The van der Waals surface area contributed by atoms with Crippen molar-refractivity contribution in [3.63, 3.8) is 0 Å². The number of hydrogen-bond acceptors (Lipinski definition) is 4. The number of nitrogens with one attached hydrogen (secondary N) is 1. The fourth-order valence-electron chi connectivity index (χ4n) is 2.14. The minimum Gasteiger partial charge on any atom is -0.459 e. The zero-order chi connectivity index (χ0) is 14.8. The second kappa shape index (κ2) is 5.60. The van der Waals surface area contributed by atoms with Gasteiger partial charge in [-0.15, -0.1) is 0 Å². The molecule has 5 heteroatoms. The van der Waals surface area contributed by atoms with Crippen LogP contribution in [0, 0.1) is 5.92 Å². The van der Waals surface area contributed by atoms with Gasteiger partial charge in [-0.05, 0) is 31.9 Å². The zero-order valence-corrected chi connectivity index (χ0v) is 11.8. The summed E-state index contributed by atoms with van der Waals surface area (Å²) in [6, 6.07) is 9.29. The number of amides is 1. The monoisotopic (exact) mass is 287 g/mol. The predicted octanol–water partition coefficient (Wildman–Crippen LogP) is 2.56. The van der Waals surface area contributed by atoms with Crippen molar-refractivity contribution in [1.82, 2.24) is 5.32 Å². The molecule has 1 atom stereocenters. The SMILES string of the molecule is C[C@H](NC(=O)COC(=O)C1CC1)c1cc2ccccc2o1. The molecule has 1 aromatic carbocycles. The summed E-state index contributed by atoms with van der Waals surface area (Å²) in [6.07, 6.45) is 1.74. The number of carbonyl (C=O) groups is 2. The number of furan rings is 1. The van der Waals surface area contributed by atoms with Crippen LogP contribution in [0.4, 0.5) is 0 Å². The van der Waals surface area contributed by atoms with E-state index in [-0.39, 0.29) is 30.4 Å². The standard InChI is InChI=1S/C16H17NO4/c1-10(14-8-12-4-2-3-5-13(12)21-14)17-15(18)9-20-16(19)11-6-7-11/h2-5,8,10-11H,6-7,9H2,1H3,(H,17,18)/t10-/m0/s1. The lowest BCUT2D eigenvalue weighted by Crippen LogP contribution is -2.31. The molecule has 110 valence electrons. The van der Waals surface area contributed by atoms with Crippen LogP contribution >= 0.6 is 0 Å². The zero-order valence-electron chi connectivity index (χ0n) is 11.8. The van der Waals surface area contributed by atoms with Gasteiger partial charge in [-0.3, -0.25) is 9.59 Å². The van der Waals surface area contributed by atoms with E-state index in [0.717, 1.165) is 23.8 Å². The Morgan fingerprint density at radius 2 is 2.14 bits per heavy atom. The first-order chi connectivity index (χ1) is 10.1. The summed E-state index contributed by atoms with van der Waals surface area (Å²) in [5.74, 6) is 0.0853. The van der Waals surface area contributed by atoms with Gasteiger partial charge in [0.1, 0.15) is 11.3 Å². The van der Waals surface area contributed by atoms with Gasteiger partial charge in [-0.2, -0.15) is 0 Å². The van der Waals surface area contributed by atoms with Crippen LogP contribution in [-0.4, -0.2) is 18.5 Å². The molecule has 1 heterocycles. The fraction of sp³-hybridized carbons (Fsp3) is 0.375. The number of benzene rings is 1. The topological polar surface area (TPSA) is 68.5 Å². The molecule has 0 aliphatic heterocycles. The van der Waals surface area contributed by atoms with Gasteiger partial charge in [-0.25, -0.2) is 0 Å². The molecule has 5 nitrogen and oxygen atoms in total. The lowest BCUT2D eigenvalue weighted by atomic mass is 10.2. The summed E-state index contributed by atoms with van der Waals surface area (Å²) in [4.78, 5) is 23.1. The van der Waals surface area contributed by atoms with E-state index in [1.807, 2.05) is 37.3 Å². The molecule has 1 amide bonds. The van der Waals surface area contributed by atoms with Crippen LogP contribution in [0.15, 0.2) is 34.7 Å². The van der Waals surface area contributed by atoms with E-state index in [4.69, 9.17) is 9.15 Å². The second-order valence-corrected chi connectivity index (χ2v) is 5.36. The number of hydrogen-bond donors (Lipinski definition) is 1. The summed E-state index contributed by atoms with van der Waals surface area (Å²) in [5.41, 5.74) is 0.786.